The fraction of sp³-hybridized carbons (Fsp3) is 0.111. The fourth-order valence-corrected chi connectivity index (χ4v) is 2.91. The van der Waals surface area contributed by atoms with Gasteiger partial charge in [0.15, 0.2) is 5.65 Å². The van der Waals surface area contributed by atoms with Crippen molar-refractivity contribution in [2.75, 3.05) is 5.43 Å². The smallest absolute Gasteiger partial charge is 0.276 e. The summed E-state index contributed by atoms with van der Waals surface area (Å²) in [7, 11) is 0. The topological polar surface area (TPSA) is 51.9 Å². The van der Waals surface area contributed by atoms with Crippen molar-refractivity contribution in [3.63, 3.8) is 0 Å². The lowest BCUT2D eigenvalue weighted by Gasteiger charge is -2.13. The molecular weight excluding hydrogens is 288 g/mol. The largest absolute Gasteiger partial charge is 0.307 e. The molecule has 0 unspecified atom stereocenters. The van der Waals surface area contributed by atoms with E-state index in [-0.39, 0.29) is 5.56 Å². The lowest BCUT2D eigenvalue weighted by atomic mass is 10.2. The summed E-state index contributed by atoms with van der Waals surface area (Å²) in [4.78, 5) is 17.1. The number of fused-ring (bicyclic) bond motifs is 2. The number of anilines is 1. The van der Waals surface area contributed by atoms with E-state index in [2.05, 4.69) is 10.4 Å². The molecule has 114 valence electrons. The van der Waals surface area contributed by atoms with Crippen LogP contribution in [0.5, 0.6) is 0 Å². The molecule has 4 aromatic rings. The quantitative estimate of drug-likeness (QED) is 0.632. The fourth-order valence-electron chi connectivity index (χ4n) is 2.91. The van der Waals surface area contributed by atoms with Crippen LogP contribution in [0.25, 0.3) is 21.9 Å². The highest BCUT2D eigenvalue weighted by atomic mass is 16.1. The summed E-state index contributed by atoms with van der Waals surface area (Å²) in [6.07, 6.45) is 3.62. The summed E-state index contributed by atoms with van der Waals surface area (Å²) >= 11 is 0. The predicted molar refractivity (Wildman–Crippen MR) is 92.6 cm³/mol. The van der Waals surface area contributed by atoms with Gasteiger partial charge in [-0.3, -0.25) is 10.2 Å². The summed E-state index contributed by atoms with van der Waals surface area (Å²) < 4.78 is 3.55. The maximum atomic E-state index is 12.7. The van der Waals surface area contributed by atoms with Crippen molar-refractivity contribution >= 4 is 27.6 Å². The maximum Gasteiger partial charge on any atom is 0.276 e. The molecule has 0 spiro atoms. The van der Waals surface area contributed by atoms with Crippen LogP contribution in [-0.4, -0.2) is 14.2 Å². The van der Waals surface area contributed by atoms with Crippen LogP contribution in [-0.2, 0) is 6.54 Å². The Morgan fingerprint density at radius 2 is 1.91 bits per heavy atom. The molecular formula is C18H16N4O. The average molecular weight is 304 g/mol. The van der Waals surface area contributed by atoms with E-state index in [1.165, 1.54) is 0 Å². The minimum absolute atomic E-state index is 0.0380. The highest BCUT2D eigenvalue weighted by molar-refractivity contribution is 5.83. The zero-order valence-electron chi connectivity index (χ0n) is 12.7. The molecule has 0 bridgehead atoms. The van der Waals surface area contributed by atoms with Gasteiger partial charge >= 0.3 is 0 Å². The summed E-state index contributed by atoms with van der Waals surface area (Å²) in [5.74, 6) is 0. The zero-order valence-corrected chi connectivity index (χ0v) is 12.7. The van der Waals surface area contributed by atoms with E-state index in [9.17, 15) is 4.79 Å². The van der Waals surface area contributed by atoms with Crippen molar-refractivity contribution in [1.82, 2.24) is 14.2 Å². The SMILES string of the molecule is CCn1c(=O)c(Nn2ccc3cccnc32)cc2ccccc21. The minimum Gasteiger partial charge on any atom is -0.307 e. The highest BCUT2D eigenvalue weighted by Crippen LogP contribution is 2.17. The number of aromatic nitrogens is 3. The molecule has 23 heavy (non-hydrogen) atoms. The molecule has 3 heterocycles. The van der Waals surface area contributed by atoms with Crippen molar-refractivity contribution in [3.8, 4) is 0 Å². The van der Waals surface area contributed by atoms with Gasteiger partial charge in [0.05, 0.1) is 5.52 Å². The number of hydrogen-bond donors (Lipinski definition) is 1. The van der Waals surface area contributed by atoms with Gasteiger partial charge in [-0.25, -0.2) is 9.66 Å². The highest BCUT2D eigenvalue weighted by Gasteiger charge is 2.09. The van der Waals surface area contributed by atoms with E-state index in [1.54, 1.807) is 15.4 Å². The molecule has 0 aliphatic carbocycles. The second-order valence-electron chi connectivity index (χ2n) is 5.38. The van der Waals surface area contributed by atoms with Crippen LogP contribution in [0.4, 0.5) is 5.69 Å². The number of hydrogen-bond acceptors (Lipinski definition) is 3. The van der Waals surface area contributed by atoms with Crippen molar-refractivity contribution in [1.29, 1.82) is 0 Å². The van der Waals surface area contributed by atoms with Gasteiger partial charge in [-0.05, 0) is 37.3 Å². The molecule has 0 aliphatic heterocycles. The van der Waals surface area contributed by atoms with Gasteiger partial charge in [-0.15, -0.1) is 0 Å². The van der Waals surface area contributed by atoms with Gasteiger partial charge in [0.2, 0.25) is 0 Å². The van der Waals surface area contributed by atoms with Crippen LogP contribution < -0.4 is 11.0 Å². The molecule has 5 heteroatoms. The first-order valence-corrected chi connectivity index (χ1v) is 7.59. The van der Waals surface area contributed by atoms with Crippen molar-refractivity contribution in [2.45, 2.75) is 13.5 Å². The first-order valence-electron chi connectivity index (χ1n) is 7.59. The van der Waals surface area contributed by atoms with E-state index in [1.807, 2.05) is 61.7 Å². The number of aryl methyl sites for hydroxylation is 1. The molecule has 1 N–H and O–H groups in total. The summed E-state index contributed by atoms with van der Waals surface area (Å²) in [6, 6.07) is 15.6. The van der Waals surface area contributed by atoms with Crippen LogP contribution in [0.15, 0.2) is 65.7 Å². The normalized spacial score (nSPS) is 11.2. The average Bonchev–Trinajstić information content (AvgIpc) is 2.99. The van der Waals surface area contributed by atoms with Gasteiger partial charge in [-0.1, -0.05) is 18.2 Å². The molecule has 0 aliphatic rings. The first-order chi connectivity index (χ1) is 11.3. The van der Waals surface area contributed by atoms with E-state index in [0.29, 0.717) is 12.2 Å². The maximum absolute atomic E-state index is 12.7. The third kappa shape index (κ3) is 2.17. The van der Waals surface area contributed by atoms with Crippen LogP contribution in [0.2, 0.25) is 0 Å². The van der Waals surface area contributed by atoms with Crippen molar-refractivity contribution in [3.05, 3.63) is 71.3 Å². The predicted octanol–water partition coefficient (Wildman–Crippen LogP) is 3.25. The molecule has 0 fully saturated rings. The Morgan fingerprint density at radius 3 is 2.78 bits per heavy atom. The third-order valence-electron chi connectivity index (χ3n) is 4.01. The van der Waals surface area contributed by atoms with Crippen LogP contribution in [0.3, 0.4) is 0 Å². The molecule has 0 amide bonds. The molecule has 3 aromatic heterocycles. The third-order valence-corrected chi connectivity index (χ3v) is 4.01. The summed E-state index contributed by atoms with van der Waals surface area (Å²) in [5.41, 5.74) is 5.42. The number of nitrogens with zero attached hydrogens (tertiary/aromatic N) is 3. The lowest BCUT2D eigenvalue weighted by Crippen LogP contribution is -2.25. The van der Waals surface area contributed by atoms with E-state index in [0.717, 1.165) is 21.9 Å². The molecule has 0 atom stereocenters. The Labute approximate surface area is 132 Å². The zero-order chi connectivity index (χ0) is 15.8. The van der Waals surface area contributed by atoms with Crippen molar-refractivity contribution < 1.29 is 0 Å². The van der Waals surface area contributed by atoms with Gasteiger partial charge in [0.1, 0.15) is 5.69 Å². The number of rotatable bonds is 3. The van der Waals surface area contributed by atoms with E-state index >= 15 is 0 Å². The minimum atomic E-state index is -0.0380. The Balaban J connectivity index is 1.89. The standard InChI is InChI=1S/C18H16N4O/c1-2-21-16-8-4-3-6-14(16)12-15(18(21)23)20-22-11-9-13-7-5-10-19-17(13)22/h3-12,20H,2H2,1H3. The Bertz CT molecular complexity index is 1060. The Hall–Kier alpha value is -3.08. The number of nitrogens with one attached hydrogen (secondary N) is 1. The van der Waals surface area contributed by atoms with Gasteiger partial charge in [0, 0.05) is 29.7 Å². The lowest BCUT2D eigenvalue weighted by molar-refractivity contribution is 0.758. The van der Waals surface area contributed by atoms with Crippen molar-refractivity contribution in [2.24, 2.45) is 0 Å². The van der Waals surface area contributed by atoms with Gasteiger partial charge in [0.25, 0.3) is 5.56 Å². The molecule has 1 aromatic carbocycles. The number of benzene rings is 1. The van der Waals surface area contributed by atoms with E-state index < -0.39 is 0 Å². The molecule has 0 saturated carbocycles. The van der Waals surface area contributed by atoms with Crippen LogP contribution in [0, 0.1) is 0 Å². The summed E-state index contributed by atoms with van der Waals surface area (Å²) in [5, 5.41) is 2.05. The van der Waals surface area contributed by atoms with E-state index in [4.69, 9.17) is 0 Å². The number of pyridine rings is 2. The molecule has 5 nitrogen and oxygen atoms in total. The summed E-state index contributed by atoms with van der Waals surface area (Å²) in [6.45, 7) is 2.60. The number of para-hydroxylation sites is 1. The first kappa shape index (κ1) is 13.6. The van der Waals surface area contributed by atoms with Gasteiger partial charge < -0.3 is 4.57 Å². The molecule has 4 rings (SSSR count). The second-order valence-corrected chi connectivity index (χ2v) is 5.38. The van der Waals surface area contributed by atoms with Crippen LogP contribution in [0.1, 0.15) is 6.92 Å². The van der Waals surface area contributed by atoms with Crippen LogP contribution >= 0.6 is 0 Å². The molecule has 0 saturated heterocycles. The Kier molecular flexibility index (Phi) is 3.12. The second kappa shape index (κ2) is 5.28. The Morgan fingerprint density at radius 1 is 1.09 bits per heavy atom. The van der Waals surface area contributed by atoms with Gasteiger partial charge in [-0.2, -0.15) is 0 Å². The molecule has 0 radical (unpaired) electrons. The monoisotopic (exact) mass is 304 g/mol.